The summed E-state index contributed by atoms with van der Waals surface area (Å²) >= 11 is 1.43. The molecule has 0 unspecified atom stereocenters. The number of fused-ring (bicyclic) bond motifs is 2. The third-order valence-corrected chi connectivity index (χ3v) is 7.85. The topological polar surface area (TPSA) is 176 Å². The molecule has 13 heteroatoms. The minimum absolute atomic E-state index is 0.0302. The Labute approximate surface area is 254 Å². The smallest absolute Gasteiger partial charge is 0.273 e. The van der Waals surface area contributed by atoms with Gasteiger partial charge in [0.2, 0.25) is 23.6 Å². The molecule has 0 radical (unpaired) electrons. The molecule has 230 valence electrons. The van der Waals surface area contributed by atoms with E-state index in [1.165, 1.54) is 24.5 Å². The Bertz CT molecular complexity index is 1400. The number of hydrogen-bond donors (Lipinski definition) is 5. The van der Waals surface area contributed by atoms with Crippen molar-refractivity contribution in [2.45, 2.75) is 77.1 Å². The van der Waals surface area contributed by atoms with Crippen LogP contribution in [0.25, 0.3) is 10.6 Å². The monoisotopic (exact) mass is 610 g/mol. The lowest BCUT2D eigenvalue weighted by Gasteiger charge is -2.27. The first kappa shape index (κ1) is 31.8. The third kappa shape index (κ3) is 8.94. The van der Waals surface area contributed by atoms with Gasteiger partial charge in [0.15, 0.2) is 5.69 Å². The second-order valence-corrected chi connectivity index (χ2v) is 11.9. The van der Waals surface area contributed by atoms with Crippen molar-refractivity contribution in [1.29, 1.82) is 0 Å². The fourth-order valence-electron chi connectivity index (χ4n) is 4.71. The van der Waals surface area contributed by atoms with Gasteiger partial charge in [-0.1, -0.05) is 44.2 Å². The molecule has 0 aliphatic carbocycles. The molecule has 2 aromatic heterocycles. The molecule has 3 aromatic rings. The molecule has 0 spiro atoms. The highest BCUT2D eigenvalue weighted by atomic mass is 32.1. The van der Waals surface area contributed by atoms with Crippen LogP contribution in [0.1, 0.15) is 74.6 Å². The van der Waals surface area contributed by atoms with E-state index in [0.717, 1.165) is 10.6 Å². The number of hydrogen-bond acceptors (Lipinski definition) is 9. The normalized spacial score (nSPS) is 21.0. The third-order valence-electron chi connectivity index (χ3n) is 6.91. The van der Waals surface area contributed by atoms with E-state index >= 15 is 0 Å². The van der Waals surface area contributed by atoms with Crippen molar-refractivity contribution in [1.82, 2.24) is 31.2 Å². The van der Waals surface area contributed by atoms with Crippen molar-refractivity contribution in [3.05, 3.63) is 59.3 Å². The Balaban J connectivity index is 1.50. The highest BCUT2D eigenvalue weighted by Crippen LogP contribution is 2.24. The Morgan fingerprint density at radius 3 is 2.58 bits per heavy atom. The maximum atomic E-state index is 13.4. The Morgan fingerprint density at radius 1 is 1.09 bits per heavy atom. The predicted molar refractivity (Wildman–Crippen MR) is 160 cm³/mol. The SMILES string of the molecule is CC(C)C[C@@H]1NC(=O)[C@H]([C@@H](C)O)NC(=O)[C@@H](NC(=O)Cc2csc(-c3ccccc3)n2)CCCCNC(=O)c2coc1n2. The molecular formula is C30H38N6O6S. The van der Waals surface area contributed by atoms with Gasteiger partial charge in [-0.15, -0.1) is 11.3 Å². The number of benzene rings is 1. The number of nitrogens with one attached hydrogen (secondary N) is 4. The van der Waals surface area contributed by atoms with E-state index < -0.39 is 47.9 Å². The summed E-state index contributed by atoms with van der Waals surface area (Å²) in [6.45, 7) is 5.63. The molecule has 0 saturated heterocycles. The van der Waals surface area contributed by atoms with E-state index in [2.05, 4.69) is 31.2 Å². The van der Waals surface area contributed by atoms with Crippen molar-refractivity contribution < 1.29 is 28.7 Å². The molecule has 2 bridgehead atoms. The molecule has 43 heavy (non-hydrogen) atoms. The summed E-state index contributed by atoms with van der Waals surface area (Å²) in [5.41, 5.74) is 1.61. The summed E-state index contributed by atoms with van der Waals surface area (Å²) in [5, 5.41) is 24.0. The number of carbonyl (C=O) groups excluding carboxylic acids is 4. The molecule has 4 atom stereocenters. The molecule has 1 aliphatic heterocycles. The van der Waals surface area contributed by atoms with Crippen molar-refractivity contribution >= 4 is 35.0 Å². The molecule has 3 heterocycles. The van der Waals surface area contributed by atoms with Gasteiger partial charge in [0, 0.05) is 17.5 Å². The van der Waals surface area contributed by atoms with Gasteiger partial charge in [0.25, 0.3) is 5.91 Å². The van der Waals surface area contributed by atoms with Crippen LogP contribution in [0.15, 0.2) is 46.4 Å². The summed E-state index contributed by atoms with van der Waals surface area (Å²) in [6.07, 6.45) is 1.67. The van der Waals surface area contributed by atoms with E-state index in [1.807, 2.05) is 49.6 Å². The van der Waals surface area contributed by atoms with Crippen LogP contribution >= 0.6 is 11.3 Å². The van der Waals surface area contributed by atoms with Crippen LogP contribution in [0.3, 0.4) is 0 Å². The number of aliphatic hydroxyl groups excluding tert-OH is 1. The summed E-state index contributed by atoms with van der Waals surface area (Å²) in [7, 11) is 0. The van der Waals surface area contributed by atoms with Crippen LogP contribution < -0.4 is 21.3 Å². The lowest BCUT2D eigenvalue weighted by Crippen LogP contribution is -2.57. The first-order chi connectivity index (χ1) is 20.6. The quantitative estimate of drug-likeness (QED) is 0.271. The molecular weight excluding hydrogens is 572 g/mol. The first-order valence-corrected chi connectivity index (χ1v) is 15.3. The molecule has 0 saturated carbocycles. The lowest BCUT2D eigenvalue weighted by atomic mass is 10.0. The average molecular weight is 611 g/mol. The number of thiazole rings is 1. The van der Waals surface area contributed by atoms with Gasteiger partial charge in [-0.05, 0) is 38.5 Å². The Morgan fingerprint density at radius 2 is 1.86 bits per heavy atom. The zero-order valence-corrected chi connectivity index (χ0v) is 25.3. The molecule has 0 fully saturated rings. The predicted octanol–water partition coefficient (Wildman–Crippen LogP) is 2.51. The van der Waals surface area contributed by atoms with Crippen LogP contribution in [0.5, 0.6) is 0 Å². The Kier molecular flexibility index (Phi) is 11.0. The largest absolute Gasteiger partial charge is 0.446 e. The van der Waals surface area contributed by atoms with Crippen LogP contribution in [-0.4, -0.2) is 63.4 Å². The van der Waals surface area contributed by atoms with Gasteiger partial charge >= 0.3 is 0 Å². The highest BCUT2D eigenvalue weighted by Gasteiger charge is 2.32. The van der Waals surface area contributed by atoms with Gasteiger partial charge in [-0.25, -0.2) is 9.97 Å². The molecule has 1 aromatic carbocycles. The maximum absolute atomic E-state index is 13.4. The maximum Gasteiger partial charge on any atom is 0.273 e. The van der Waals surface area contributed by atoms with E-state index in [1.54, 1.807) is 0 Å². The Hall–Kier alpha value is -4.10. The molecule has 1 aliphatic rings. The number of nitrogens with zero attached hydrogens (tertiary/aromatic N) is 2. The van der Waals surface area contributed by atoms with Crippen molar-refractivity contribution in [2.24, 2.45) is 5.92 Å². The van der Waals surface area contributed by atoms with Gasteiger partial charge in [-0.2, -0.15) is 0 Å². The minimum Gasteiger partial charge on any atom is -0.446 e. The summed E-state index contributed by atoms with van der Waals surface area (Å²) in [5.74, 6) is -1.79. The number of amides is 4. The van der Waals surface area contributed by atoms with Crippen LogP contribution in [-0.2, 0) is 20.8 Å². The number of carbonyl (C=O) groups is 4. The number of oxazole rings is 1. The fourth-order valence-corrected chi connectivity index (χ4v) is 5.54. The standard InChI is InChI=1S/C30H38N6O6S/c1-17(2)13-22-29-35-23(15-42-29)26(39)31-12-8-7-11-21(27(40)36-25(18(3)37)28(41)34-22)33-24(38)14-20-16-43-30(32-20)19-9-5-4-6-10-19/h4-6,9-10,15-18,21-22,25,37H,7-8,11-14H2,1-3H3,(H,31,39)(H,33,38)(H,34,41)(H,36,40)/t18-,21+,22+,25+/m1/s1. The zero-order chi connectivity index (χ0) is 30.9. The molecule has 12 nitrogen and oxygen atoms in total. The van der Waals surface area contributed by atoms with Gasteiger partial charge in [0.05, 0.1) is 18.2 Å². The molecule has 4 amide bonds. The van der Waals surface area contributed by atoms with E-state index in [0.29, 0.717) is 31.5 Å². The summed E-state index contributed by atoms with van der Waals surface area (Å²) in [4.78, 5) is 61.2. The van der Waals surface area contributed by atoms with E-state index in [-0.39, 0.29) is 30.3 Å². The fraction of sp³-hybridized carbons (Fsp3) is 0.467. The van der Waals surface area contributed by atoms with Crippen molar-refractivity contribution in [2.75, 3.05) is 6.54 Å². The van der Waals surface area contributed by atoms with Crippen molar-refractivity contribution in [3.8, 4) is 10.6 Å². The van der Waals surface area contributed by atoms with Gasteiger partial charge in [0.1, 0.15) is 29.4 Å². The first-order valence-electron chi connectivity index (χ1n) is 14.4. The van der Waals surface area contributed by atoms with Crippen LogP contribution in [0, 0.1) is 5.92 Å². The lowest BCUT2D eigenvalue weighted by molar-refractivity contribution is -0.134. The summed E-state index contributed by atoms with van der Waals surface area (Å²) in [6, 6.07) is 6.65. The second kappa shape index (κ2) is 14.9. The van der Waals surface area contributed by atoms with E-state index in [9.17, 15) is 24.3 Å². The molecule has 5 N–H and O–H groups in total. The average Bonchev–Trinajstić information content (AvgIpc) is 3.64. The van der Waals surface area contributed by atoms with Gasteiger partial charge < -0.3 is 30.8 Å². The number of rotatable bonds is 7. The second-order valence-electron chi connectivity index (χ2n) is 11.0. The zero-order valence-electron chi connectivity index (χ0n) is 24.5. The van der Waals surface area contributed by atoms with Gasteiger partial charge in [-0.3, -0.25) is 19.2 Å². The summed E-state index contributed by atoms with van der Waals surface area (Å²) < 4.78 is 5.54. The van der Waals surface area contributed by atoms with Crippen LogP contribution in [0.4, 0.5) is 0 Å². The number of aromatic nitrogens is 2. The van der Waals surface area contributed by atoms with E-state index in [4.69, 9.17) is 4.42 Å². The number of aliphatic hydroxyl groups is 1. The van der Waals surface area contributed by atoms with Crippen LogP contribution in [0.2, 0.25) is 0 Å². The van der Waals surface area contributed by atoms with Crippen molar-refractivity contribution in [3.63, 3.8) is 0 Å². The molecule has 4 rings (SSSR count). The highest BCUT2D eigenvalue weighted by molar-refractivity contribution is 7.13. The minimum atomic E-state index is -1.31.